The molecule has 0 amide bonds. The Bertz CT molecular complexity index is 329. The summed E-state index contributed by atoms with van der Waals surface area (Å²) in [6.07, 6.45) is 0.779. The maximum Gasteiger partial charge on any atom is 0.0713 e. The van der Waals surface area contributed by atoms with Gasteiger partial charge in [-0.1, -0.05) is 0 Å². The van der Waals surface area contributed by atoms with E-state index in [-0.39, 0.29) is 6.10 Å². The second-order valence-electron chi connectivity index (χ2n) is 3.50. The molecule has 5 heteroatoms. The van der Waals surface area contributed by atoms with E-state index in [2.05, 4.69) is 42.8 Å². The quantitative estimate of drug-likeness (QED) is 0.894. The summed E-state index contributed by atoms with van der Waals surface area (Å²) in [5.74, 6) is 0. The maximum atomic E-state index is 9.39. The number of hydrogen-bond donors (Lipinski definition) is 1. The van der Waals surface area contributed by atoms with Crippen LogP contribution in [0.1, 0.15) is 11.3 Å². The molecule has 0 bridgehead atoms. The van der Waals surface area contributed by atoms with Crippen molar-refractivity contribution < 1.29 is 5.11 Å². The SMILES string of the molecule is O[C@H]1CCN(Cc2sc(Br)cc2Br)C1. The average Bonchev–Trinajstić information content (AvgIpc) is 2.61. The third-order valence-corrected chi connectivity index (χ3v) is 4.93. The summed E-state index contributed by atoms with van der Waals surface area (Å²) in [6.45, 7) is 2.75. The van der Waals surface area contributed by atoms with E-state index in [0.717, 1.165) is 34.3 Å². The fourth-order valence-corrected chi connectivity index (χ4v) is 4.33. The fourth-order valence-electron chi connectivity index (χ4n) is 1.64. The van der Waals surface area contributed by atoms with E-state index >= 15 is 0 Å². The molecular weight excluding hydrogens is 330 g/mol. The number of halogens is 2. The highest BCUT2D eigenvalue weighted by Gasteiger charge is 2.21. The van der Waals surface area contributed by atoms with Gasteiger partial charge in [0, 0.05) is 29.0 Å². The fraction of sp³-hybridized carbons (Fsp3) is 0.556. The summed E-state index contributed by atoms with van der Waals surface area (Å²) in [6, 6.07) is 2.08. The third kappa shape index (κ3) is 2.58. The van der Waals surface area contributed by atoms with Gasteiger partial charge >= 0.3 is 0 Å². The van der Waals surface area contributed by atoms with Gasteiger partial charge in [-0.25, -0.2) is 0 Å². The van der Waals surface area contributed by atoms with Crippen LogP contribution in [0.2, 0.25) is 0 Å². The largest absolute Gasteiger partial charge is 0.392 e. The molecule has 14 heavy (non-hydrogen) atoms. The van der Waals surface area contributed by atoms with Gasteiger partial charge in [-0.2, -0.15) is 0 Å². The van der Waals surface area contributed by atoms with Crippen molar-refractivity contribution in [3.63, 3.8) is 0 Å². The van der Waals surface area contributed by atoms with Crippen LogP contribution in [0.15, 0.2) is 14.3 Å². The van der Waals surface area contributed by atoms with Gasteiger partial charge < -0.3 is 5.11 Å². The van der Waals surface area contributed by atoms with Crippen molar-refractivity contribution in [3.8, 4) is 0 Å². The van der Waals surface area contributed by atoms with Crippen molar-refractivity contribution in [1.29, 1.82) is 0 Å². The molecule has 1 saturated heterocycles. The standard InChI is InChI=1S/C9H11Br2NOS/c10-7-3-9(11)14-8(7)5-12-2-1-6(13)4-12/h3,6,13H,1-2,4-5H2/t6-/m0/s1. The summed E-state index contributed by atoms with van der Waals surface area (Å²) >= 11 is 8.74. The van der Waals surface area contributed by atoms with E-state index in [4.69, 9.17) is 0 Å². The van der Waals surface area contributed by atoms with Crippen molar-refractivity contribution >= 4 is 43.2 Å². The van der Waals surface area contributed by atoms with Crippen LogP contribution in [0.25, 0.3) is 0 Å². The molecule has 0 unspecified atom stereocenters. The number of aliphatic hydroxyl groups is 1. The van der Waals surface area contributed by atoms with Crippen molar-refractivity contribution in [2.24, 2.45) is 0 Å². The highest BCUT2D eigenvalue weighted by Crippen LogP contribution is 2.32. The lowest BCUT2D eigenvalue weighted by molar-refractivity contribution is 0.175. The van der Waals surface area contributed by atoms with Crippen LogP contribution in [0.4, 0.5) is 0 Å². The summed E-state index contributed by atoms with van der Waals surface area (Å²) in [7, 11) is 0. The first-order valence-corrected chi connectivity index (χ1v) is 6.89. The number of hydrogen-bond acceptors (Lipinski definition) is 3. The van der Waals surface area contributed by atoms with Crippen LogP contribution < -0.4 is 0 Å². The zero-order valence-corrected chi connectivity index (χ0v) is 11.5. The van der Waals surface area contributed by atoms with E-state index in [1.165, 1.54) is 4.88 Å². The Morgan fingerprint density at radius 2 is 2.36 bits per heavy atom. The predicted octanol–water partition coefficient (Wildman–Crippen LogP) is 2.84. The number of aliphatic hydroxyl groups excluding tert-OH is 1. The number of nitrogens with zero attached hydrogens (tertiary/aromatic N) is 1. The molecule has 78 valence electrons. The smallest absolute Gasteiger partial charge is 0.0713 e. The Morgan fingerprint density at radius 1 is 1.57 bits per heavy atom. The zero-order chi connectivity index (χ0) is 10.1. The minimum absolute atomic E-state index is 0.128. The molecule has 1 aromatic heterocycles. The number of rotatable bonds is 2. The van der Waals surface area contributed by atoms with Crippen LogP contribution in [0, 0.1) is 0 Å². The van der Waals surface area contributed by atoms with Gasteiger partial charge in [0.25, 0.3) is 0 Å². The van der Waals surface area contributed by atoms with E-state index < -0.39 is 0 Å². The Hall–Kier alpha value is 0.580. The zero-order valence-electron chi connectivity index (χ0n) is 7.54. The van der Waals surface area contributed by atoms with E-state index in [9.17, 15) is 5.11 Å². The van der Waals surface area contributed by atoms with Crippen LogP contribution in [0.5, 0.6) is 0 Å². The van der Waals surface area contributed by atoms with Crippen LogP contribution >= 0.6 is 43.2 Å². The Kier molecular flexibility index (Phi) is 3.65. The van der Waals surface area contributed by atoms with Gasteiger partial charge in [0.05, 0.1) is 9.89 Å². The molecule has 2 rings (SSSR count). The van der Waals surface area contributed by atoms with Gasteiger partial charge in [0.1, 0.15) is 0 Å². The summed E-state index contributed by atoms with van der Waals surface area (Å²) in [5, 5.41) is 9.39. The minimum atomic E-state index is -0.128. The second kappa shape index (κ2) is 4.61. The topological polar surface area (TPSA) is 23.5 Å². The maximum absolute atomic E-state index is 9.39. The van der Waals surface area contributed by atoms with Crippen LogP contribution in [-0.2, 0) is 6.54 Å². The molecule has 0 aromatic carbocycles. The first kappa shape index (κ1) is 11.1. The molecule has 1 aliphatic rings. The second-order valence-corrected chi connectivity index (χ2v) is 6.87. The summed E-state index contributed by atoms with van der Waals surface area (Å²) in [4.78, 5) is 3.61. The molecule has 1 aromatic rings. The Labute approximate surface area is 104 Å². The summed E-state index contributed by atoms with van der Waals surface area (Å²) < 4.78 is 2.31. The lowest BCUT2D eigenvalue weighted by Crippen LogP contribution is -2.21. The number of β-amino-alcohol motifs (C(OH)–C–C–N with tert-alkyl or cyclic N) is 1. The molecule has 2 heterocycles. The normalized spacial score (nSPS) is 23.2. The average molecular weight is 341 g/mol. The number of likely N-dealkylation sites (tertiary alicyclic amines) is 1. The molecule has 1 fully saturated rings. The van der Waals surface area contributed by atoms with Gasteiger partial charge in [-0.15, -0.1) is 11.3 Å². The van der Waals surface area contributed by atoms with Crippen LogP contribution in [0.3, 0.4) is 0 Å². The summed E-state index contributed by atoms with van der Waals surface area (Å²) in [5.41, 5.74) is 0. The van der Waals surface area contributed by atoms with E-state index in [1.54, 1.807) is 11.3 Å². The highest BCUT2D eigenvalue weighted by molar-refractivity contribution is 9.11. The molecule has 0 saturated carbocycles. The molecular formula is C9H11Br2NOS. The molecule has 0 spiro atoms. The molecule has 0 aliphatic carbocycles. The molecule has 2 nitrogen and oxygen atoms in total. The number of thiophene rings is 1. The van der Waals surface area contributed by atoms with Crippen LogP contribution in [-0.4, -0.2) is 29.2 Å². The van der Waals surface area contributed by atoms with E-state index in [0.29, 0.717) is 0 Å². The molecule has 0 radical (unpaired) electrons. The molecule has 1 atom stereocenters. The lowest BCUT2D eigenvalue weighted by Gasteiger charge is -2.13. The van der Waals surface area contributed by atoms with Crippen molar-refractivity contribution in [3.05, 3.63) is 19.2 Å². The highest BCUT2D eigenvalue weighted by atomic mass is 79.9. The molecule has 1 aliphatic heterocycles. The first-order chi connectivity index (χ1) is 6.65. The van der Waals surface area contributed by atoms with Gasteiger partial charge in [-0.3, -0.25) is 4.90 Å². The Morgan fingerprint density at radius 3 is 2.86 bits per heavy atom. The van der Waals surface area contributed by atoms with E-state index in [1.807, 2.05) is 0 Å². The third-order valence-electron chi connectivity index (χ3n) is 2.34. The van der Waals surface area contributed by atoms with Gasteiger partial charge in [-0.05, 0) is 44.3 Å². The monoisotopic (exact) mass is 339 g/mol. The van der Waals surface area contributed by atoms with Crippen molar-refractivity contribution in [2.45, 2.75) is 19.1 Å². The van der Waals surface area contributed by atoms with Gasteiger partial charge in [0.2, 0.25) is 0 Å². The van der Waals surface area contributed by atoms with Crippen molar-refractivity contribution in [2.75, 3.05) is 13.1 Å². The Balaban J connectivity index is 2.00. The predicted molar refractivity (Wildman–Crippen MR) is 65.6 cm³/mol. The van der Waals surface area contributed by atoms with Crippen molar-refractivity contribution in [1.82, 2.24) is 4.90 Å². The molecule has 1 N–H and O–H groups in total. The minimum Gasteiger partial charge on any atom is -0.392 e. The lowest BCUT2D eigenvalue weighted by atomic mass is 10.3. The first-order valence-electron chi connectivity index (χ1n) is 4.49. The van der Waals surface area contributed by atoms with Gasteiger partial charge in [0.15, 0.2) is 0 Å².